The summed E-state index contributed by atoms with van der Waals surface area (Å²) < 4.78 is 0.792. The predicted molar refractivity (Wildman–Crippen MR) is 85.5 cm³/mol. The van der Waals surface area contributed by atoms with Crippen molar-refractivity contribution in [3.8, 4) is 5.75 Å². The van der Waals surface area contributed by atoms with E-state index in [4.69, 9.17) is 0 Å². The number of hydrogen-bond acceptors (Lipinski definition) is 5. The van der Waals surface area contributed by atoms with Crippen molar-refractivity contribution < 1.29 is 14.7 Å². The molecule has 116 valence electrons. The number of phenolic OH excluding ortho intramolecular Hbond substituents is 1. The molecule has 1 aliphatic heterocycles. The molecule has 0 saturated heterocycles. The molecule has 2 rings (SSSR count). The van der Waals surface area contributed by atoms with Crippen molar-refractivity contribution in [2.24, 2.45) is 16.1 Å². The number of benzene rings is 1. The third-order valence-electron chi connectivity index (χ3n) is 3.21. The average Bonchev–Trinajstić information content (AvgIpc) is 2.79. The lowest BCUT2D eigenvalue weighted by Crippen LogP contribution is -2.25. The summed E-state index contributed by atoms with van der Waals surface area (Å²) in [6.45, 7) is 1.74. The van der Waals surface area contributed by atoms with Crippen LogP contribution in [-0.2, 0) is 9.59 Å². The fraction of sp³-hybridized carbons (Fsp3) is 0.286. The Balaban J connectivity index is 1.83. The lowest BCUT2D eigenvalue weighted by molar-refractivity contribution is -0.123. The number of rotatable bonds is 5. The molecule has 0 saturated carbocycles. The first-order valence-electron chi connectivity index (χ1n) is 6.62. The third kappa shape index (κ3) is 4.14. The van der Waals surface area contributed by atoms with Crippen molar-refractivity contribution in [1.29, 1.82) is 0 Å². The summed E-state index contributed by atoms with van der Waals surface area (Å²) in [6, 6.07) is 4.89. The zero-order valence-electron chi connectivity index (χ0n) is 11.8. The van der Waals surface area contributed by atoms with Crippen LogP contribution in [0.25, 0.3) is 0 Å². The smallest absolute Gasteiger partial charge is 0.248 e. The highest BCUT2D eigenvalue weighted by Gasteiger charge is 2.26. The van der Waals surface area contributed by atoms with Crippen molar-refractivity contribution in [2.75, 3.05) is 0 Å². The van der Waals surface area contributed by atoms with Gasteiger partial charge in [-0.25, -0.2) is 10.9 Å². The minimum atomic E-state index is -0.358. The highest BCUT2D eigenvalue weighted by Crippen LogP contribution is 2.20. The number of amides is 2. The molecule has 7 nitrogen and oxygen atoms in total. The maximum absolute atomic E-state index is 11.7. The molecule has 22 heavy (non-hydrogen) atoms. The van der Waals surface area contributed by atoms with E-state index in [1.54, 1.807) is 19.1 Å². The molecule has 3 N–H and O–H groups in total. The molecule has 0 aromatic heterocycles. The van der Waals surface area contributed by atoms with Gasteiger partial charge in [-0.1, -0.05) is 15.9 Å². The summed E-state index contributed by atoms with van der Waals surface area (Å²) in [5, 5.41) is 17.2. The van der Waals surface area contributed by atoms with Gasteiger partial charge >= 0.3 is 0 Å². The second-order valence-electron chi connectivity index (χ2n) is 4.82. The van der Waals surface area contributed by atoms with Crippen molar-refractivity contribution in [1.82, 2.24) is 10.9 Å². The van der Waals surface area contributed by atoms with Gasteiger partial charge in [0.05, 0.1) is 12.1 Å². The normalized spacial score (nSPS) is 17.5. The lowest BCUT2D eigenvalue weighted by atomic mass is 9.99. The van der Waals surface area contributed by atoms with Crippen LogP contribution in [0, 0.1) is 5.92 Å². The second kappa shape index (κ2) is 7.17. The van der Waals surface area contributed by atoms with Crippen LogP contribution >= 0.6 is 15.9 Å². The molecule has 0 radical (unpaired) electrons. The first-order chi connectivity index (χ1) is 10.5. The lowest BCUT2D eigenvalue weighted by Gasteiger charge is -2.06. The van der Waals surface area contributed by atoms with Crippen LogP contribution in [0.2, 0.25) is 0 Å². The minimum absolute atomic E-state index is 0.0654. The fourth-order valence-electron chi connectivity index (χ4n) is 1.96. The van der Waals surface area contributed by atoms with Crippen LogP contribution in [0.5, 0.6) is 5.75 Å². The molecule has 0 unspecified atom stereocenters. The fourth-order valence-corrected chi connectivity index (χ4v) is 2.34. The van der Waals surface area contributed by atoms with Crippen LogP contribution in [-0.4, -0.2) is 28.8 Å². The van der Waals surface area contributed by atoms with E-state index >= 15 is 0 Å². The van der Waals surface area contributed by atoms with Gasteiger partial charge in [0.1, 0.15) is 5.75 Å². The molecule has 1 aromatic rings. The quantitative estimate of drug-likeness (QED) is 0.543. The number of aromatic hydroxyl groups is 1. The van der Waals surface area contributed by atoms with Crippen molar-refractivity contribution in [3.05, 3.63) is 28.2 Å². The van der Waals surface area contributed by atoms with Gasteiger partial charge in [0.25, 0.3) is 0 Å². The van der Waals surface area contributed by atoms with Crippen LogP contribution in [0.4, 0.5) is 0 Å². The van der Waals surface area contributed by atoms with Gasteiger partial charge in [0.15, 0.2) is 0 Å². The van der Waals surface area contributed by atoms with Crippen molar-refractivity contribution >= 4 is 39.7 Å². The Bertz CT molecular complexity index is 657. The molecular weight excluding hydrogens is 352 g/mol. The summed E-state index contributed by atoms with van der Waals surface area (Å²) in [7, 11) is 0. The van der Waals surface area contributed by atoms with Gasteiger partial charge in [-0.15, -0.1) is 0 Å². The zero-order valence-corrected chi connectivity index (χ0v) is 13.4. The van der Waals surface area contributed by atoms with E-state index in [2.05, 4.69) is 37.0 Å². The van der Waals surface area contributed by atoms with E-state index in [-0.39, 0.29) is 29.9 Å². The van der Waals surface area contributed by atoms with Crippen LogP contribution in [0.15, 0.2) is 32.9 Å². The van der Waals surface area contributed by atoms with Crippen molar-refractivity contribution in [2.45, 2.75) is 19.8 Å². The summed E-state index contributed by atoms with van der Waals surface area (Å²) in [6.07, 6.45) is 1.89. The number of phenols is 1. The summed E-state index contributed by atoms with van der Waals surface area (Å²) in [4.78, 5) is 23.1. The van der Waals surface area contributed by atoms with Crippen LogP contribution < -0.4 is 10.9 Å². The molecule has 1 aromatic carbocycles. The topological polar surface area (TPSA) is 103 Å². The molecule has 1 heterocycles. The largest absolute Gasteiger partial charge is 0.507 e. The maximum atomic E-state index is 11.7. The highest BCUT2D eigenvalue weighted by molar-refractivity contribution is 9.10. The first-order valence-corrected chi connectivity index (χ1v) is 7.41. The molecule has 8 heteroatoms. The number of carbonyl (C=O) groups is 2. The molecule has 0 fully saturated rings. The standard InChI is InChI=1S/C14H15BrN4O3/c1-8-11(14(22)19-17-8)3-5-13(21)18-16-7-9-6-10(15)2-4-12(9)20/h2,4,6-7,11,20H,3,5H2,1H3,(H,18,21)(H,19,22)/b16-7-/t11-/m1/s1. The van der Waals surface area contributed by atoms with Crippen LogP contribution in [0.3, 0.4) is 0 Å². The Morgan fingerprint density at radius 3 is 3.05 bits per heavy atom. The third-order valence-corrected chi connectivity index (χ3v) is 3.70. The second-order valence-corrected chi connectivity index (χ2v) is 5.73. The first kappa shape index (κ1) is 16.2. The number of halogens is 1. The molecule has 0 spiro atoms. The van der Waals surface area contributed by atoms with Gasteiger partial charge in [-0.2, -0.15) is 10.2 Å². The Kier molecular flexibility index (Phi) is 5.26. The number of hydrogen-bond donors (Lipinski definition) is 3. The molecule has 0 aliphatic carbocycles. The molecular formula is C14H15BrN4O3. The Labute approximate surface area is 135 Å². The van der Waals surface area contributed by atoms with E-state index < -0.39 is 0 Å². The van der Waals surface area contributed by atoms with Crippen LogP contribution in [0.1, 0.15) is 25.3 Å². The molecule has 2 amide bonds. The minimum Gasteiger partial charge on any atom is -0.507 e. The van der Waals surface area contributed by atoms with Gasteiger partial charge in [-0.3, -0.25) is 9.59 Å². The number of nitrogens with zero attached hydrogens (tertiary/aromatic N) is 2. The molecule has 0 bridgehead atoms. The van der Waals surface area contributed by atoms with Gasteiger partial charge in [0, 0.05) is 22.2 Å². The van der Waals surface area contributed by atoms with Gasteiger partial charge < -0.3 is 5.11 Å². The predicted octanol–water partition coefficient (Wildman–Crippen LogP) is 1.51. The number of nitrogens with one attached hydrogen (secondary N) is 2. The zero-order chi connectivity index (χ0) is 16.1. The Morgan fingerprint density at radius 1 is 1.59 bits per heavy atom. The van der Waals surface area contributed by atoms with Gasteiger partial charge in [0.2, 0.25) is 11.8 Å². The maximum Gasteiger partial charge on any atom is 0.248 e. The number of carbonyl (C=O) groups excluding carboxylic acids is 2. The van der Waals surface area contributed by atoms with E-state index in [0.717, 1.165) is 4.47 Å². The summed E-state index contributed by atoms with van der Waals surface area (Å²) >= 11 is 3.28. The van der Waals surface area contributed by atoms with Gasteiger partial charge in [-0.05, 0) is 31.5 Å². The van der Waals surface area contributed by atoms with E-state index in [1.807, 2.05) is 0 Å². The van der Waals surface area contributed by atoms with E-state index in [9.17, 15) is 14.7 Å². The average molecular weight is 367 g/mol. The highest BCUT2D eigenvalue weighted by atomic mass is 79.9. The molecule has 1 atom stereocenters. The van der Waals surface area contributed by atoms with E-state index in [0.29, 0.717) is 17.7 Å². The molecule has 1 aliphatic rings. The summed E-state index contributed by atoms with van der Waals surface area (Å²) in [5.74, 6) is -0.786. The van der Waals surface area contributed by atoms with E-state index in [1.165, 1.54) is 12.3 Å². The summed E-state index contributed by atoms with van der Waals surface area (Å²) in [5.41, 5.74) is 5.90. The monoisotopic (exact) mass is 366 g/mol. The number of hydrazone groups is 2. The SMILES string of the molecule is CC1=NNC(=O)[C@@H]1CCC(=O)N/N=C\c1cc(Br)ccc1O. The Hall–Kier alpha value is -2.22. The Morgan fingerprint density at radius 2 is 2.36 bits per heavy atom. The van der Waals surface area contributed by atoms with Crippen molar-refractivity contribution in [3.63, 3.8) is 0 Å².